The summed E-state index contributed by atoms with van der Waals surface area (Å²) in [6, 6.07) is 2.14. The van der Waals surface area contributed by atoms with Crippen molar-refractivity contribution in [2.45, 2.75) is 99.0 Å². The van der Waals surface area contributed by atoms with E-state index in [1.807, 2.05) is 19.9 Å². The molecule has 0 radical (unpaired) electrons. The number of allylic oxidation sites excluding steroid dienone is 3. The molecule has 5 aliphatic carbocycles. The molecule has 0 amide bonds. The molecular weight excluding hydrogens is 450 g/mol. The van der Waals surface area contributed by atoms with Crippen LogP contribution in [0.25, 0.3) is 0 Å². The first-order valence-corrected chi connectivity index (χ1v) is 13.8. The molecule has 0 aromatic rings. The number of hydrogen-bond donors (Lipinski definition) is 2. The van der Waals surface area contributed by atoms with Gasteiger partial charge in [-0.15, -0.1) is 0 Å². The molecule has 5 heteroatoms. The van der Waals surface area contributed by atoms with Crippen molar-refractivity contribution in [2.75, 3.05) is 6.61 Å². The van der Waals surface area contributed by atoms with Crippen LogP contribution in [0.1, 0.15) is 93.4 Å². The molecular formula is C31H43NO4. The summed E-state index contributed by atoms with van der Waals surface area (Å²) in [7, 11) is 0. The summed E-state index contributed by atoms with van der Waals surface area (Å²) in [5.74, 6) is -0.692. The number of rotatable bonds is 1. The summed E-state index contributed by atoms with van der Waals surface area (Å²) in [6.45, 7) is 14.7. The van der Waals surface area contributed by atoms with Crippen LogP contribution < -0.4 is 0 Å². The summed E-state index contributed by atoms with van der Waals surface area (Å²) in [5, 5.41) is 33.2. The van der Waals surface area contributed by atoms with E-state index in [4.69, 9.17) is 0 Å². The Kier molecular flexibility index (Phi) is 5.17. The fraction of sp³-hybridized carbons (Fsp3) is 0.774. The van der Waals surface area contributed by atoms with Gasteiger partial charge in [0, 0.05) is 28.8 Å². The topological polar surface area (TPSA) is 98.4 Å². The number of hydrogen-bond acceptors (Lipinski definition) is 5. The van der Waals surface area contributed by atoms with Crippen molar-refractivity contribution in [2.24, 2.45) is 44.3 Å². The zero-order chi connectivity index (χ0) is 26.7. The highest BCUT2D eigenvalue weighted by molar-refractivity contribution is 6.05. The zero-order valence-corrected chi connectivity index (χ0v) is 23.1. The van der Waals surface area contributed by atoms with Gasteiger partial charge in [0.25, 0.3) is 0 Å². The van der Waals surface area contributed by atoms with Crippen molar-refractivity contribution < 1.29 is 19.8 Å². The SMILES string of the molecule is CC1(C)CC[C@]2(CO)CC[C@@]3(C)[C@]4(C)CC[C@H]5C(C)(C)C(=O)C(C#N)=C[C@]5(C)C4=CC(=O)[C@]3(O)C2C1. The molecule has 7 atom stereocenters. The van der Waals surface area contributed by atoms with Gasteiger partial charge in [-0.05, 0) is 78.8 Å². The van der Waals surface area contributed by atoms with Gasteiger partial charge in [-0.1, -0.05) is 54.5 Å². The predicted octanol–water partition coefficient (Wildman–Crippen LogP) is 5.31. The molecule has 0 bridgehead atoms. The van der Waals surface area contributed by atoms with E-state index in [1.165, 1.54) is 0 Å². The highest BCUT2D eigenvalue weighted by Gasteiger charge is 2.75. The van der Waals surface area contributed by atoms with Crippen molar-refractivity contribution in [3.05, 3.63) is 23.3 Å². The van der Waals surface area contributed by atoms with E-state index in [9.17, 15) is 25.1 Å². The third-order valence-electron chi connectivity index (χ3n) is 12.5. The van der Waals surface area contributed by atoms with Gasteiger partial charge in [0.15, 0.2) is 11.6 Å². The third kappa shape index (κ3) is 2.73. The van der Waals surface area contributed by atoms with E-state index in [0.717, 1.165) is 37.7 Å². The molecule has 0 saturated heterocycles. The Hall–Kier alpha value is -1.77. The fourth-order valence-electron chi connectivity index (χ4n) is 10.0. The Morgan fingerprint density at radius 1 is 0.972 bits per heavy atom. The molecule has 0 aromatic carbocycles. The van der Waals surface area contributed by atoms with Crippen molar-refractivity contribution in [1.82, 2.24) is 0 Å². The minimum Gasteiger partial charge on any atom is -0.396 e. The van der Waals surface area contributed by atoms with Gasteiger partial charge in [-0.2, -0.15) is 5.26 Å². The summed E-state index contributed by atoms with van der Waals surface area (Å²) >= 11 is 0. The fourth-order valence-corrected chi connectivity index (χ4v) is 10.0. The number of nitriles is 1. The number of aliphatic hydroxyl groups excluding tert-OH is 1. The maximum absolute atomic E-state index is 14.3. The van der Waals surface area contributed by atoms with Crippen molar-refractivity contribution >= 4 is 11.6 Å². The molecule has 0 aliphatic heterocycles. The van der Waals surface area contributed by atoms with Crippen LogP contribution in [0.5, 0.6) is 0 Å². The van der Waals surface area contributed by atoms with Gasteiger partial charge >= 0.3 is 0 Å². The number of ketones is 2. The van der Waals surface area contributed by atoms with E-state index >= 15 is 0 Å². The lowest BCUT2D eigenvalue weighted by Gasteiger charge is -2.71. The zero-order valence-electron chi connectivity index (χ0n) is 23.1. The molecule has 5 nitrogen and oxygen atoms in total. The van der Waals surface area contributed by atoms with Gasteiger partial charge in [0.1, 0.15) is 11.7 Å². The molecule has 3 saturated carbocycles. The minimum atomic E-state index is -1.56. The lowest BCUT2D eigenvalue weighted by atomic mass is 9.33. The van der Waals surface area contributed by atoms with Crippen molar-refractivity contribution in [3.63, 3.8) is 0 Å². The normalized spacial score (nSPS) is 48.9. The molecule has 36 heavy (non-hydrogen) atoms. The first-order valence-electron chi connectivity index (χ1n) is 13.8. The van der Waals surface area contributed by atoms with Crippen LogP contribution in [-0.4, -0.2) is 34.0 Å². The van der Waals surface area contributed by atoms with Gasteiger partial charge in [-0.3, -0.25) is 9.59 Å². The van der Waals surface area contributed by atoms with Crippen LogP contribution >= 0.6 is 0 Å². The van der Waals surface area contributed by atoms with Gasteiger partial charge in [-0.25, -0.2) is 0 Å². The molecule has 5 rings (SSSR count). The number of Topliss-reactive ketones (excluding diaryl/α,β-unsaturated/α-hetero) is 1. The number of fused-ring (bicyclic) bond motifs is 7. The summed E-state index contributed by atoms with van der Waals surface area (Å²) < 4.78 is 0. The second-order valence-corrected chi connectivity index (χ2v) is 14.9. The van der Waals surface area contributed by atoms with Crippen molar-refractivity contribution in [3.8, 4) is 6.07 Å². The number of nitrogens with zero attached hydrogens (tertiary/aromatic N) is 1. The van der Waals surface area contributed by atoms with E-state index in [2.05, 4.69) is 40.7 Å². The Bertz CT molecular complexity index is 1160. The van der Waals surface area contributed by atoms with Crippen LogP contribution in [-0.2, 0) is 9.59 Å². The Balaban J connectivity index is 1.74. The Labute approximate surface area is 216 Å². The molecule has 0 aromatic heterocycles. The number of carbonyl (C=O) groups is 2. The maximum Gasteiger partial charge on any atom is 0.188 e. The third-order valence-corrected chi connectivity index (χ3v) is 12.5. The molecule has 5 aliphatic rings. The molecule has 0 spiro atoms. The lowest BCUT2D eigenvalue weighted by molar-refractivity contribution is -0.250. The second kappa shape index (κ2) is 7.20. The minimum absolute atomic E-state index is 0.00292. The van der Waals surface area contributed by atoms with E-state index < -0.39 is 32.7 Å². The molecule has 3 fully saturated rings. The van der Waals surface area contributed by atoms with Gasteiger partial charge in [0.05, 0.1) is 5.57 Å². The number of carbonyl (C=O) groups excluding carboxylic acids is 2. The lowest BCUT2D eigenvalue weighted by Crippen LogP contribution is -2.74. The predicted molar refractivity (Wildman–Crippen MR) is 137 cm³/mol. The first-order chi connectivity index (χ1) is 16.5. The van der Waals surface area contributed by atoms with Crippen molar-refractivity contribution in [1.29, 1.82) is 5.26 Å². The highest BCUT2D eigenvalue weighted by atomic mass is 16.3. The average Bonchev–Trinajstić information content (AvgIpc) is 2.80. The highest BCUT2D eigenvalue weighted by Crippen LogP contribution is 2.75. The van der Waals surface area contributed by atoms with E-state index in [-0.39, 0.29) is 41.0 Å². The van der Waals surface area contributed by atoms with Crippen LogP contribution in [0, 0.1) is 55.7 Å². The molecule has 196 valence electrons. The molecule has 2 N–H and O–H groups in total. The van der Waals surface area contributed by atoms with Gasteiger partial charge < -0.3 is 10.2 Å². The smallest absolute Gasteiger partial charge is 0.188 e. The van der Waals surface area contributed by atoms with E-state index in [1.54, 1.807) is 6.08 Å². The van der Waals surface area contributed by atoms with Gasteiger partial charge in [0.2, 0.25) is 0 Å². The number of aliphatic hydroxyl groups is 2. The maximum atomic E-state index is 14.3. The van der Waals surface area contributed by atoms with Crippen LogP contribution in [0.4, 0.5) is 0 Å². The van der Waals surface area contributed by atoms with Crippen LogP contribution in [0.15, 0.2) is 23.3 Å². The van der Waals surface area contributed by atoms with Crippen LogP contribution in [0.3, 0.4) is 0 Å². The summed E-state index contributed by atoms with van der Waals surface area (Å²) in [5.41, 5.74) is -3.36. The van der Waals surface area contributed by atoms with E-state index in [0.29, 0.717) is 12.8 Å². The summed E-state index contributed by atoms with van der Waals surface area (Å²) in [4.78, 5) is 27.5. The quantitative estimate of drug-likeness (QED) is 0.516. The second-order valence-electron chi connectivity index (χ2n) is 14.9. The molecule has 1 unspecified atom stereocenters. The van der Waals surface area contributed by atoms with Crippen LogP contribution in [0.2, 0.25) is 0 Å². The standard InChI is InChI=1S/C31H43NO4/c1-25(2)10-12-30(18-33)13-11-29(7)28(6)9-8-20-26(3,4)24(35)19(17-32)15-27(20,5)21(28)14-23(34)31(29,36)22(30)16-25/h14-15,20,22,33,36H,8-13,16,18H2,1-7H3/t20-,22?,27-,28+,29-,30+,31+/m0/s1. The average molecular weight is 494 g/mol. The molecule has 0 heterocycles. The Morgan fingerprint density at radius 2 is 1.61 bits per heavy atom. The first kappa shape index (κ1) is 25.9. The largest absolute Gasteiger partial charge is 0.396 e. The summed E-state index contributed by atoms with van der Waals surface area (Å²) in [6.07, 6.45) is 9.09. The Morgan fingerprint density at radius 3 is 2.22 bits per heavy atom. The monoisotopic (exact) mass is 493 g/mol.